The number of alkyl halides is 5. The molecule has 0 aliphatic heterocycles. The maximum Gasteiger partial charge on any atom is 0.420 e. The number of carbonyl (C=O) groups is 1. The molecule has 21 heavy (non-hydrogen) atoms. The van der Waals surface area contributed by atoms with Gasteiger partial charge in [0, 0.05) is 5.92 Å². The summed E-state index contributed by atoms with van der Waals surface area (Å²) in [6.07, 6.45) is -6.59. The molecule has 1 N–H and O–H groups in total. The lowest BCUT2D eigenvalue weighted by molar-refractivity contribution is -0.158. The lowest BCUT2D eigenvalue weighted by Gasteiger charge is -2.32. The Labute approximate surface area is 133 Å². The zero-order valence-corrected chi connectivity index (χ0v) is 14.3. The average molecular weight is 418 g/mol. The number of rotatable bonds is 5. The third-order valence-corrected chi connectivity index (χ3v) is 5.40. The third-order valence-electron chi connectivity index (χ3n) is 3.52. The summed E-state index contributed by atoms with van der Waals surface area (Å²) in [5.41, 5.74) is -1.08. The molecule has 0 heterocycles. The van der Waals surface area contributed by atoms with E-state index in [4.69, 9.17) is 16.7 Å². The van der Waals surface area contributed by atoms with Gasteiger partial charge < -0.3 is 5.11 Å². The molecule has 0 aromatic carbocycles. The van der Waals surface area contributed by atoms with E-state index in [0.717, 1.165) is 0 Å². The van der Waals surface area contributed by atoms with E-state index in [0.29, 0.717) is 6.26 Å². The minimum absolute atomic E-state index is 0.571. The average Bonchev–Trinajstić information content (AvgIpc) is 2.74. The molecule has 0 aromatic rings. The van der Waals surface area contributed by atoms with Gasteiger partial charge in [-0.25, -0.2) is 0 Å². The number of hydrogen-bond acceptors (Lipinski definition) is 4. The first-order chi connectivity index (χ1) is 9.03. The van der Waals surface area contributed by atoms with E-state index in [9.17, 15) is 26.4 Å². The molecule has 124 valence electrons. The summed E-state index contributed by atoms with van der Waals surface area (Å²) >= 11 is 7.67. The fraction of sp³-hybridized carbons (Fsp3) is 0.900. The van der Waals surface area contributed by atoms with Gasteiger partial charge in [-0.3, -0.25) is 8.98 Å². The first kappa shape index (κ1) is 19.0. The molecule has 0 amide bonds. The largest absolute Gasteiger partial charge is 0.481 e. The molecule has 1 saturated carbocycles. The Morgan fingerprint density at radius 2 is 1.86 bits per heavy atom. The second-order valence-electron chi connectivity index (χ2n) is 5.50. The van der Waals surface area contributed by atoms with Gasteiger partial charge in [0.25, 0.3) is 10.1 Å². The molecule has 1 aliphatic rings. The monoisotopic (exact) mass is 416 g/mol. The highest BCUT2D eigenvalue weighted by molar-refractivity contribution is 9.10. The van der Waals surface area contributed by atoms with Crippen molar-refractivity contribution in [2.24, 2.45) is 17.3 Å². The van der Waals surface area contributed by atoms with Gasteiger partial charge in [-0.1, -0.05) is 41.4 Å². The Kier molecular flexibility index (Phi) is 4.74. The fourth-order valence-corrected chi connectivity index (χ4v) is 3.79. The van der Waals surface area contributed by atoms with Crippen molar-refractivity contribution < 1.29 is 35.7 Å². The first-order valence-electron chi connectivity index (χ1n) is 5.59. The summed E-state index contributed by atoms with van der Waals surface area (Å²) in [5, 5.41) is 9.03. The molecule has 0 radical (unpaired) electrons. The van der Waals surface area contributed by atoms with Gasteiger partial charge in [0.1, 0.15) is 6.10 Å². The van der Waals surface area contributed by atoms with Crippen molar-refractivity contribution in [3.05, 3.63) is 0 Å². The molecule has 0 bridgehead atoms. The third kappa shape index (κ3) is 3.65. The maximum absolute atomic E-state index is 13.0. The number of hydrogen-bond donors (Lipinski definition) is 1. The molecule has 1 rings (SSSR count). The standard InChI is InChI=1S/C10H13BrClF3O5S/c1-8(2)4(5(8)7(16)17)6(20-21(3,18)19)9(11,12)10(13,14)15/h4-6H,1-3H3,(H,16,17). The summed E-state index contributed by atoms with van der Waals surface area (Å²) in [4.78, 5) is 11.1. The van der Waals surface area contributed by atoms with Gasteiger partial charge >= 0.3 is 12.1 Å². The molecule has 1 fully saturated rings. The van der Waals surface area contributed by atoms with Crippen LogP contribution in [0.25, 0.3) is 0 Å². The topological polar surface area (TPSA) is 80.7 Å². The minimum atomic E-state index is -5.05. The van der Waals surface area contributed by atoms with Crippen LogP contribution in [0.2, 0.25) is 0 Å². The van der Waals surface area contributed by atoms with E-state index in [-0.39, 0.29) is 0 Å². The highest BCUT2D eigenvalue weighted by Crippen LogP contribution is 2.65. The number of carboxylic acids is 1. The first-order valence-corrected chi connectivity index (χ1v) is 8.58. The minimum Gasteiger partial charge on any atom is -0.481 e. The Morgan fingerprint density at radius 1 is 1.43 bits per heavy atom. The Morgan fingerprint density at radius 3 is 2.10 bits per heavy atom. The summed E-state index contributed by atoms with van der Waals surface area (Å²) in [6, 6.07) is 0. The van der Waals surface area contributed by atoms with E-state index < -0.39 is 49.4 Å². The molecule has 4 unspecified atom stereocenters. The molecular weight excluding hydrogens is 405 g/mol. The predicted molar refractivity (Wildman–Crippen MR) is 71.7 cm³/mol. The molecule has 5 nitrogen and oxygen atoms in total. The summed E-state index contributed by atoms with van der Waals surface area (Å²) in [5.74, 6) is -3.75. The van der Waals surface area contributed by atoms with Gasteiger partial charge in [0.2, 0.25) is 3.78 Å². The zero-order chi connectivity index (χ0) is 17.0. The molecule has 11 heteroatoms. The maximum atomic E-state index is 13.0. The smallest absolute Gasteiger partial charge is 0.420 e. The van der Waals surface area contributed by atoms with Gasteiger partial charge in [0.05, 0.1) is 12.2 Å². The van der Waals surface area contributed by atoms with Gasteiger partial charge in [-0.15, -0.1) is 0 Å². The van der Waals surface area contributed by atoms with Crippen LogP contribution in [-0.4, -0.2) is 41.8 Å². The van der Waals surface area contributed by atoms with Gasteiger partial charge in [0.15, 0.2) is 0 Å². The molecule has 0 aromatic heterocycles. The summed E-state index contributed by atoms with van der Waals surface area (Å²) in [6.45, 7) is 2.82. The van der Waals surface area contributed by atoms with Crippen LogP contribution in [-0.2, 0) is 19.1 Å². The number of carboxylic acid groups (broad SMARTS) is 1. The molecule has 4 atom stereocenters. The zero-order valence-electron chi connectivity index (χ0n) is 11.1. The Bertz CT molecular complexity index is 545. The van der Waals surface area contributed by atoms with E-state index in [2.05, 4.69) is 20.1 Å². The summed E-state index contributed by atoms with van der Waals surface area (Å²) < 4.78 is 62.8. The predicted octanol–water partition coefficient (Wildman–Crippen LogP) is 2.58. The SMILES string of the molecule is CC1(C)C(C(=O)O)C1C(OS(C)(=O)=O)C(Cl)(Br)C(F)(F)F. The van der Waals surface area contributed by atoms with Crippen LogP contribution in [0.5, 0.6) is 0 Å². The van der Waals surface area contributed by atoms with Crippen molar-refractivity contribution in [2.45, 2.75) is 29.9 Å². The molecular formula is C10H13BrClF3O5S. The van der Waals surface area contributed by atoms with E-state index in [1.807, 2.05) is 0 Å². The highest BCUT2D eigenvalue weighted by Gasteiger charge is 2.73. The molecule has 1 aliphatic carbocycles. The van der Waals surface area contributed by atoms with E-state index in [1.165, 1.54) is 13.8 Å². The van der Waals surface area contributed by atoms with Crippen molar-refractivity contribution in [2.75, 3.05) is 6.26 Å². The summed E-state index contributed by atoms with van der Waals surface area (Å²) in [7, 11) is -4.28. The Balaban J connectivity index is 3.27. The number of halogens is 5. The van der Waals surface area contributed by atoms with Crippen LogP contribution in [0.3, 0.4) is 0 Å². The second-order valence-corrected chi connectivity index (χ2v) is 9.41. The Hall–Kier alpha value is -0.0600. The van der Waals surface area contributed by atoms with Crippen molar-refractivity contribution in [3.63, 3.8) is 0 Å². The van der Waals surface area contributed by atoms with Gasteiger partial charge in [-0.2, -0.15) is 21.6 Å². The van der Waals surface area contributed by atoms with Crippen LogP contribution in [0.4, 0.5) is 13.2 Å². The van der Waals surface area contributed by atoms with Crippen molar-refractivity contribution in [1.82, 2.24) is 0 Å². The quantitative estimate of drug-likeness (QED) is 0.549. The van der Waals surface area contributed by atoms with Crippen LogP contribution in [0.1, 0.15) is 13.8 Å². The van der Waals surface area contributed by atoms with Crippen LogP contribution in [0.15, 0.2) is 0 Å². The van der Waals surface area contributed by atoms with E-state index >= 15 is 0 Å². The van der Waals surface area contributed by atoms with Crippen LogP contribution in [0, 0.1) is 17.3 Å². The van der Waals surface area contributed by atoms with Gasteiger partial charge in [-0.05, 0) is 5.41 Å². The van der Waals surface area contributed by atoms with Crippen LogP contribution >= 0.6 is 27.5 Å². The van der Waals surface area contributed by atoms with Crippen LogP contribution < -0.4 is 0 Å². The number of aliphatic carboxylic acids is 1. The highest BCUT2D eigenvalue weighted by atomic mass is 79.9. The van der Waals surface area contributed by atoms with Crippen molar-refractivity contribution >= 4 is 43.6 Å². The van der Waals surface area contributed by atoms with E-state index in [1.54, 1.807) is 0 Å². The lowest BCUT2D eigenvalue weighted by Crippen LogP contribution is -2.48. The lowest BCUT2D eigenvalue weighted by atomic mass is 10.0. The second kappa shape index (κ2) is 5.24. The molecule has 0 saturated heterocycles. The normalized spacial score (nSPS) is 29.5. The van der Waals surface area contributed by atoms with Crippen molar-refractivity contribution in [1.29, 1.82) is 0 Å². The fourth-order valence-electron chi connectivity index (χ4n) is 2.41. The molecule has 0 spiro atoms. The van der Waals surface area contributed by atoms with Crippen molar-refractivity contribution in [3.8, 4) is 0 Å².